The lowest BCUT2D eigenvalue weighted by molar-refractivity contribution is 1.60. The Labute approximate surface area is 88.5 Å². The minimum absolute atomic E-state index is 1.17. The minimum Gasteiger partial charge on any atom is -0.149 e. The third kappa shape index (κ3) is 1.78. The molecule has 0 radical (unpaired) electrons. The van der Waals surface area contributed by atoms with E-state index in [0.717, 1.165) is 0 Å². The van der Waals surface area contributed by atoms with Crippen molar-refractivity contribution in [1.29, 1.82) is 0 Å². The lowest BCUT2D eigenvalue weighted by atomic mass is 10.1. The monoisotopic (exact) mass is 200 g/mol. The second-order valence-electron chi connectivity index (χ2n) is 3.27. The summed E-state index contributed by atoms with van der Waals surface area (Å²) in [6, 6.07) is 10.7. The predicted octanol–water partition coefficient (Wildman–Crippen LogP) is 4.37. The average molecular weight is 200 g/mol. The van der Waals surface area contributed by atoms with Gasteiger partial charge in [0.25, 0.3) is 0 Å². The number of rotatable bonds is 2. The topological polar surface area (TPSA) is 0 Å². The fraction of sp³-hybridized carbons (Fsp3) is 0.0769. The molecule has 0 saturated carbocycles. The number of benzene rings is 1. The Bertz CT molecular complexity index is 435. The van der Waals surface area contributed by atoms with Gasteiger partial charge in [0.05, 0.1) is 0 Å². The van der Waals surface area contributed by atoms with Gasteiger partial charge in [0, 0.05) is 4.88 Å². The Hall–Kier alpha value is -1.34. The van der Waals surface area contributed by atoms with Crippen molar-refractivity contribution in [2.24, 2.45) is 0 Å². The summed E-state index contributed by atoms with van der Waals surface area (Å²) in [5.74, 6) is 0. The molecule has 2 aromatic rings. The van der Waals surface area contributed by atoms with Crippen molar-refractivity contribution in [3.8, 4) is 11.1 Å². The molecule has 0 unspecified atom stereocenters. The molecule has 0 aliphatic carbocycles. The van der Waals surface area contributed by atoms with Gasteiger partial charge in [0.15, 0.2) is 0 Å². The highest BCUT2D eigenvalue weighted by atomic mass is 32.1. The van der Waals surface area contributed by atoms with Crippen LogP contribution in [0.25, 0.3) is 17.2 Å². The fourth-order valence-corrected chi connectivity index (χ4v) is 2.12. The molecule has 1 aromatic heterocycles. The van der Waals surface area contributed by atoms with Gasteiger partial charge in [0.1, 0.15) is 0 Å². The predicted molar refractivity (Wildman–Crippen MR) is 64.6 cm³/mol. The van der Waals surface area contributed by atoms with Crippen LogP contribution in [-0.4, -0.2) is 0 Å². The third-order valence-electron chi connectivity index (χ3n) is 2.21. The molecule has 0 saturated heterocycles. The Morgan fingerprint density at radius 2 is 1.86 bits per heavy atom. The molecule has 0 aliphatic rings. The molecule has 0 fully saturated rings. The summed E-state index contributed by atoms with van der Waals surface area (Å²) in [4.78, 5) is 1.35. The highest BCUT2D eigenvalue weighted by Gasteiger charge is 1.98. The van der Waals surface area contributed by atoms with Crippen molar-refractivity contribution >= 4 is 17.4 Å². The van der Waals surface area contributed by atoms with Gasteiger partial charge in [-0.05, 0) is 35.1 Å². The van der Waals surface area contributed by atoms with Gasteiger partial charge in [-0.25, -0.2) is 0 Å². The van der Waals surface area contributed by atoms with Crippen LogP contribution in [0.1, 0.15) is 10.4 Å². The first-order valence-corrected chi connectivity index (χ1v) is 5.45. The quantitative estimate of drug-likeness (QED) is 0.675. The van der Waals surface area contributed by atoms with E-state index < -0.39 is 0 Å². The SMILES string of the molecule is C=Cc1ccc(-c2csc(C)c2)cc1. The Morgan fingerprint density at radius 3 is 2.36 bits per heavy atom. The Morgan fingerprint density at radius 1 is 1.14 bits per heavy atom. The number of thiophene rings is 1. The van der Waals surface area contributed by atoms with E-state index in [9.17, 15) is 0 Å². The normalized spacial score (nSPS) is 10.1. The molecule has 0 N–H and O–H groups in total. The number of aryl methyl sites for hydroxylation is 1. The summed E-state index contributed by atoms with van der Waals surface area (Å²) in [5.41, 5.74) is 3.75. The zero-order chi connectivity index (χ0) is 9.97. The summed E-state index contributed by atoms with van der Waals surface area (Å²) in [5, 5.41) is 2.19. The van der Waals surface area contributed by atoms with Crippen LogP contribution in [0.5, 0.6) is 0 Å². The molecule has 14 heavy (non-hydrogen) atoms. The molecule has 1 heteroatoms. The number of hydrogen-bond acceptors (Lipinski definition) is 1. The van der Waals surface area contributed by atoms with Crippen LogP contribution in [0.2, 0.25) is 0 Å². The molecular weight excluding hydrogens is 188 g/mol. The molecule has 0 aliphatic heterocycles. The van der Waals surface area contributed by atoms with Crippen LogP contribution in [0.15, 0.2) is 42.3 Å². The maximum atomic E-state index is 3.74. The minimum atomic E-state index is 1.17. The highest BCUT2D eigenvalue weighted by molar-refractivity contribution is 7.10. The molecule has 0 nitrogen and oxygen atoms in total. The maximum Gasteiger partial charge on any atom is 0.00205 e. The molecule has 70 valence electrons. The second-order valence-corrected chi connectivity index (χ2v) is 4.39. The second kappa shape index (κ2) is 3.81. The Balaban J connectivity index is 2.38. The van der Waals surface area contributed by atoms with Crippen molar-refractivity contribution in [1.82, 2.24) is 0 Å². The molecule has 0 atom stereocenters. The summed E-state index contributed by atoms with van der Waals surface area (Å²) in [7, 11) is 0. The maximum absolute atomic E-state index is 3.74. The average Bonchev–Trinajstić information content (AvgIpc) is 2.65. The van der Waals surface area contributed by atoms with Gasteiger partial charge in [-0.3, -0.25) is 0 Å². The fourth-order valence-electron chi connectivity index (χ4n) is 1.41. The Kier molecular flexibility index (Phi) is 2.51. The lowest BCUT2D eigenvalue weighted by Gasteiger charge is -1.98. The van der Waals surface area contributed by atoms with E-state index in [1.54, 1.807) is 11.3 Å². The molecular formula is C13H12S. The first kappa shape index (κ1) is 9.22. The van der Waals surface area contributed by atoms with Crippen LogP contribution < -0.4 is 0 Å². The van der Waals surface area contributed by atoms with E-state index in [0.29, 0.717) is 0 Å². The van der Waals surface area contributed by atoms with Crippen molar-refractivity contribution in [2.45, 2.75) is 6.92 Å². The summed E-state index contributed by atoms with van der Waals surface area (Å²) >= 11 is 1.79. The first-order valence-electron chi connectivity index (χ1n) is 4.57. The van der Waals surface area contributed by atoms with Gasteiger partial charge in [-0.2, -0.15) is 0 Å². The largest absolute Gasteiger partial charge is 0.149 e. The van der Waals surface area contributed by atoms with Crippen LogP contribution in [-0.2, 0) is 0 Å². The number of hydrogen-bond donors (Lipinski definition) is 0. The third-order valence-corrected chi connectivity index (χ3v) is 3.07. The lowest BCUT2D eigenvalue weighted by Crippen LogP contribution is -1.74. The van der Waals surface area contributed by atoms with Crippen LogP contribution >= 0.6 is 11.3 Å². The highest BCUT2D eigenvalue weighted by Crippen LogP contribution is 2.25. The summed E-state index contributed by atoms with van der Waals surface area (Å²) in [6.45, 7) is 5.87. The zero-order valence-corrected chi connectivity index (χ0v) is 8.97. The van der Waals surface area contributed by atoms with Gasteiger partial charge in [-0.1, -0.05) is 36.9 Å². The summed E-state index contributed by atoms with van der Waals surface area (Å²) < 4.78 is 0. The molecule has 1 aromatic carbocycles. The molecule has 0 amide bonds. The van der Waals surface area contributed by atoms with Gasteiger partial charge in [0.2, 0.25) is 0 Å². The summed E-state index contributed by atoms with van der Waals surface area (Å²) in [6.07, 6.45) is 1.86. The van der Waals surface area contributed by atoms with Gasteiger partial charge in [-0.15, -0.1) is 11.3 Å². The van der Waals surface area contributed by atoms with Crippen LogP contribution in [0.4, 0.5) is 0 Å². The van der Waals surface area contributed by atoms with Crippen molar-refractivity contribution < 1.29 is 0 Å². The van der Waals surface area contributed by atoms with Crippen LogP contribution in [0, 0.1) is 6.92 Å². The molecule has 1 heterocycles. The van der Waals surface area contributed by atoms with Crippen molar-refractivity contribution in [3.63, 3.8) is 0 Å². The molecule has 2 rings (SSSR count). The zero-order valence-electron chi connectivity index (χ0n) is 8.16. The van der Waals surface area contributed by atoms with E-state index >= 15 is 0 Å². The van der Waals surface area contributed by atoms with E-state index in [4.69, 9.17) is 0 Å². The standard InChI is InChI=1S/C13H12S/c1-3-11-4-6-12(7-5-11)13-8-10(2)14-9-13/h3-9H,1H2,2H3. The van der Waals surface area contributed by atoms with Crippen LogP contribution in [0.3, 0.4) is 0 Å². The van der Waals surface area contributed by atoms with Crippen molar-refractivity contribution in [2.75, 3.05) is 0 Å². The van der Waals surface area contributed by atoms with E-state index in [1.165, 1.54) is 21.6 Å². The smallest absolute Gasteiger partial charge is 0.00205 e. The van der Waals surface area contributed by atoms with E-state index in [1.807, 2.05) is 6.08 Å². The van der Waals surface area contributed by atoms with Crippen molar-refractivity contribution in [3.05, 3.63) is 52.7 Å². The van der Waals surface area contributed by atoms with Gasteiger partial charge >= 0.3 is 0 Å². The molecule has 0 spiro atoms. The van der Waals surface area contributed by atoms with Gasteiger partial charge < -0.3 is 0 Å². The van der Waals surface area contributed by atoms with E-state index in [2.05, 4.69) is 49.2 Å². The first-order chi connectivity index (χ1) is 6.79. The molecule has 0 bridgehead atoms. The van der Waals surface area contributed by atoms with E-state index in [-0.39, 0.29) is 0 Å².